The Morgan fingerprint density at radius 2 is 1.85 bits per heavy atom. The average molecular weight is 335 g/mol. The Morgan fingerprint density at radius 3 is 2.40 bits per heavy atom. The monoisotopic (exact) mass is 333 g/mol. The van der Waals surface area contributed by atoms with Gasteiger partial charge >= 0.3 is 0 Å². The van der Waals surface area contributed by atoms with Gasteiger partial charge in [0.1, 0.15) is 15.6 Å². The number of azo groups is 2. The molecule has 0 saturated heterocycles. The zero-order chi connectivity index (χ0) is 14.9. The summed E-state index contributed by atoms with van der Waals surface area (Å²) in [5.74, 6) is 0. The molecule has 0 unspecified atom stereocenters. The lowest BCUT2D eigenvalue weighted by molar-refractivity contribution is -0.539. The largest absolute Gasteiger partial charge is 0.268 e. The molecule has 2 nitrogen and oxygen atoms in total. The van der Waals surface area contributed by atoms with Crippen molar-refractivity contribution in [3.8, 4) is 0 Å². The fourth-order valence-corrected chi connectivity index (χ4v) is 3.72. The maximum atomic E-state index is 6.34. The summed E-state index contributed by atoms with van der Waals surface area (Å²) in [5.41, 5.74) is 0.703. The molecule has 0 spiro atoms. The van der Waals surface area contributed by atoms with E-state index in [4.69, 9.17) is 39.9 Å². The van der Waals surface area contributed by atoms with Crippen molar-refractivity contribution in [2.45, 2.75) is 58.0 Å². The van der Waals surface area contributed by atoms with E-state index in [9.17, 15) is 0 Å². The van der Waals surface area contributed by atoms with Crippen LogP contribution in [0.5, 0.6) is 0 Å². The van der Waals surface area contributed by atoms with E-state index >= 15 is 0 Å². The number of benzene rings is 1. The van der Waals surface area contributed by atoms with Gasteiger partial charge in [0.05, 0.1) is 0 Å². The van der Waals surface area contributed by atoms with Crippen LogP contribution in [0.15, 0.2) is 17.2 Å². The van der Waals surface area contributed by atoms with Crippen LogP contribution < -0.4 is 0 Å². The standard InChI is InChI=1S/C15H20Cl3N2/c1-4-5-6-11-9-15(2,3)19-20(11)14-12(17)7-10(16)8-13(14)18/h7-8,11H,4-6,9H2,1-3H3/q+1/t11-/m1/s1. The van der Waals surface area contributed by atoms with Gasteiger partial charge in [-0.2, -0.15) is 0 Å². The van der Waals surface area contributed by atoms with Crippen molar-refractivity contribution in [3.05, 3.63) is 27.2 Å². The molecule has 1 aliphatic heterocycles. The van der Waals surface area contributed by atoms with E-state index in [0.29, 0.717) is 21.1 Å². The number of unbranched alkanes of at least 4 members (excludes halogenated alkanes) is 1. The Bertz CT molecular complexity index is 515. The van der Waals surface area contributed by atoms with Crippen molar-refractivity contribution in [1.29, 1.82) is 0 Å². The maximum absolute atomic E-state index is 6.34. The smallest absolute Gasteiger partial charge is 0.0842 e. The second-order valence-corrected chi connectivity index (χ2v) is 7.23. The van der Waals surface area contributed by atoms with Crippen LogP contribution in [0.2, 0.25) is 15.1 Å². The zero-order valence-electron chi connectivity index (χ0n) is 12.1. The third kappa shape index (κ3) is 3.47. The van der Waals surface area contributed by atoms with Crippen molar-refractivity contribution in [2.24, 2.45) is 5.11 Å². The van der Waals surface area contributed by atoms with Crippen LogP contribution >= 0.6 is 34.8 Å². The highest BCUT2D eigenvalue weighted by molar-refractivity contribution is 6.40. The third-order valence-corrected chi connectivity index (χ3v) is 4.36. The van der Waals surface area contributed by atoms with E-state index in [1.54, 1.807) is 12.1 Å². The minimum atomic E-state index is -0.0787. The van der Waals surface area contributed by atoms with Crippen LogP contribution in [-0.2, 0) is 0 Å². The Morgan fingerprint density at radius 1 is 1.25 bits per heavy atom. The van der Waals surface area contributed by atoms with E-state index in [1.807, 2.05) is 4.70 Å². The summed E-state index contributed by atoms with van der Waals surface area (Å²) in [7, 11) is 0. The van der Waals surface area contributed by atoms with Gasteiger partial charge in [-0.1, -0.05) is 52.8 Å². The first-order valence-electron chi connectivity index (χ1n) is 7.00. The SMILES string of the molecule is CCCC[C@@H]1CC(C)(C)N=[N+]1c1c(Cl)cc(Cl)cc1Cl. The summed E-state index contributed by atoms with van der Waals surface area (Å²) in [4.78, 5) is 0. The summed E-state index contributed by atoms with van der Waals surface area (Å²) >= 11 is 18.7. The van der Waals surface area contributed by atoms with E-state index in [0.717, 1.165) is 18.5 Å². The minimum absolute atomic E-state index is 0.0787. The Labute approximate surface area is 135 Å². The first-order chi connectivity index (χ1) is 9.34. The van der Waals surface area contributed by atoms with E-state index < -0.39 is 0 Å². The van der Waals surface area contributed by atoms with Gasteiger partial charge in [-0.05, 0) is 37.5 Å². The molecule has 0 bridgehead atoms. The second kappa shape index (κ2) is 6.21. The molecule has 5 heteroatoms. The highest BCUT2D eigenvalue weighted by Gasteiger charge is 2.43. The highest BCUT2D eigenvalue weighted by Crippen LogP contribution is 2.42. The van der Waals surface area contributed by atoms with Crippen LogP contribution in [0.4, 0.5) is 5.69 Å². The lowest BCUT2D eigenvalue weighted by Crippen LogP contribution is -2.20. The first-order valence-corrected chi connectivity index (χ1v) is 8.14. The Balaban J connectivity index is 2.43. The van der Waals surface area contributed by atoms with Crippen molar-refractivity contribution in [3.63, 3.8) is 0 Å². The van der Waals surface area contributed by atoms with Gasteiger partial charge < -0.3 is 0 Å². The molecule has 2 rings (SSSR count). The number of hydrogen-bond acceptors (Lipinski definition) is 1. The molecule has 20 heavy (non-hydrogen) atoms. The topological polar surface area (TPSA) is 15.4 Å². The number of rotatable bonds is 4. The van der Waals surface area contributed by atoms with Gasteiger partial charge in [-0.25, -0.2) is 0 Å². The molecule has 0 N–H and O–H groups in total. The van der Waals surface area contributed by atoms with E-state index in [-0.39, 0.29) is 5.54 Å². The molecule has 1 heterocycles. The molecular weight excluding hydrogens is 315 g/mol. The quantitative estimate of drug-likeness (QED) is 0.560. The molecule has 0 amide bonds. The van der Waals surface area contributed by atoms with Crippen LogP contribution in [0.25, 0.3) is 0 Å². The molecular formula is C15H20Cl3N2+. The van der Waals surface area contributed by atoms with Gasteiger partial charge in [-0.3, -0.25) is 0 Å². The lowest BCUT2D eigenvalue weighted by Gasteiger charge is -2.10. The van der Waals surface area contributed by atoms with Gasteiger partial charge in [0.2, 0.25) is 0 Å². The molecule has 0 radical (unpaired) electrons. The number of hydrogen-bond donors (Lipinski definition) is 0. The molecule has 1 aromatic rings. The van der Waals surface area contributed by atoms with Gasteiger partial charge in [-0.15, -0.1) is 0 Å². The summed E-state index contributed by atoms with van der Waals surface area (Å²) in [6, 6.07) is 3.80. The summed E-state index contributed by atoms with van der Waals surface area (Å²) in [5, 5.41) is 6.47. The van der Waals surface area contributed by atoms with Gasteiger partial charge in [0.25, 0.3) is 5.69 Å². The molecule has 0 fully saturated rings. The van der Waals surface area contributed by atoms with Crippen molar-refractivity contribution in [2.75, 3.05) is 0 Å². The Kier molecular flexibility index (Phi) is 4.99. The van der Waals surface area contributed by atoms with Gasteiger partial charge in [0, 0.05) is 17.9 Å². The third-order valence-electron chi connectivity index (χ3n) is 3.56. The molecule has 110 valence electrons. The van der Waals surface area contributed by atoms with Crippen LogP contribution in [0, 0.1) is 0 Å². The average Bonchev–Trinajstić information content (AvgIpc) is 2.60. The van der Waals surface area contributed by atoms with Crippen molar-refractivity contribution >= 4 is 40.5 Å². The van der Waals surface area contributed by atoms with Gasteiger partial charge in [0.15, 0.2) is 6.04 Å². The van der Waals surface area contributed by atoms with Crippen LogP contribution in [0.1, 0.15) is 46.5 Å². The summed E-state index contributed by atoms with van der Waals surface area (Å²) < 4.78 is 2.01. The zero-order valence-corrected chi connectivity index (χ0v) is 14.4. The molecule has 0 aliphatic carbocycles. The number of nitrogens with zero attached hydrogens (tertiary/aromatic N) is 2. The number of halogens is 3. The molecule has 0 saturated carbocycles. The minimum Gasteiger partial charge on any atom is -0.0842 e. The van der Waals surface area contributed by atoms with Crippen LogP contribution in [0.3, 0.4) is 0 Å². The predicted molar refractivity (Wildman–Crippen MR) is 85.8 cm³/mol. The van der Waals surface area contributed by atoms with E-state index in [1.165, 1.54) is 12.8 Å². The fraction of sp³-hybridized carbons (Fsp3) is 0.600. The lowest BCUT2D eigenvalue weighted by atomic mass is 9.95. The first kappa shape index (κ1) is 16.1. The second-order valence-electron chi connectivity index (χ2n) is 5.98. The highest BCUT2D eigenvalue weighted by atomic mass is 35.5. The van der Waals surface area contributed by atoms with Crippen molar-refractivity contribution in [1.82, 2.24) is 0 Å². The van der Waals surface area contributed by atoms with Crippen LogP contribution in [-0.4, -0.2) is 16.3 Å². The normalized spacial score (nSPS) is 21.1. The molecule has 1 aliphatic rings. The van der Waals surface area contributed by atoms with E-state index in [2.05, 4.69) is 20.8 Å². The molecule has 1 aromatic carbocycles. The summed E-state index contributed by atoms with van der Waals surface area (Å²) in [6.07, 6.45) is 4.46. The predicted octanol–water partition coefficient (Wildman–Crippen LogP) is 6.48. The Hall–Kier alpha value is -0.310. The fourth-order valence-electron chi connectivity index (χ4n) is 2.73. The molecule has 0 aromatic heterocycles. The maximum Gasteiger partial charge on any atom is 0.268 e. The van der Waals surface area contributed by atoms with Crippen molar-refractivity contribution < 1.29 is 4.70 Å². The summed E-state index contributed by atoms with van der Waals surface area (Å²) in [6.45, 7) is 6.48. The molecule has 1 atom stereocenters.